The van der Waals surface area contributed by atoms with Crippen molar-refractivity contribution in [1.29, 1.82) is 0 Å². The van der Waals surface area contributed by atoms with E-state index in [-0.39, 0.29) is 0 Å². The summed E-state index contributed by atoms with van der Waals surface area (Å²) in [7, 11) is 1.82. The third-order valence-corrected chi connectivity index (χ3v) is 5.16. The molecule has 0 amide bonds. The minimum atomic E-state index is 0.743. The highest BCUT2D eigenvalue weighted by atomic mass is 15.2. The standard InChI is InChI=1S/C23H33N5/c1-18-13-19(2)15-20(14-18)7-10-26-23(24-3)27-17-21-8-9-25-22(16-21)28-11-5-4-6-12-28/h8-9,13-16H,4-7,10-12,17H2,1-3H3,(H2,24,26,27). The van der Waals surface area contributed by atoms with Crippen LogP contribution in [0.1, 0.15) is 41.5 Å². The van der Waals surface area contributed by atoms with Gasteiger partial charge in [0.1, 0.15) is 5.82 Å². The molecule has 5 heteroatoms. The summed E-state index contributed by atoms with van der Waals surface area (Å²) in [4.78, 5) is 11.3. The van der Waals surface area contributed by atoms with Crippen molar-refractivity contribution in [3.63, 3.8) is 0 Å². The zero-order valence-corrected chi connectivity index (χ0v) is 17.5. The molecule has 1 fully saturated rings. The third-order valence-electron chi connectivity index (χ3n) is 5.16. The fraction of sp³-hybridized carbons (Fsp3) is 0.478. The van der Waals surface area contributed by atoms with Gasteiger partial charge in [0.25, 0.3) is 0 Å². The number of nitrogens with zero attached hydrogens (tertiary/aromatic N) is 3. The van der Waals surface area contributed by atoms with E-state index >= 15 is 0 Å². The number of rotatable bonds is 6. The number of guanidine groups is 1. The molecular formula is C23H33N5. The summed E-state index contributed by atoms with van der Waals surface area (Å²) in [5, 5.41) is 6.84. The Labute approximate surface area is 169 Å². The number of hydrogen-bond donors (Lipinski definition) is 2. The minimum absolute atomic E-state index is 0.743. The molecule has 0 unspecified atom stereocenters. The molecule has 1 aromatic carbocycles. The lowest BCUT2D eigenvalue weighted by Crippen LogP contribution is -2.38. The van der Waals surface area contributed by atoms with Gasteiger partial charge in [0.15, 0.2) is 5.96 Å². The van der Waals surface area contributed by atoms with E-state index in [4.69, 9.17) is 0 Å². The zero-order valence-electron chi connectivity index (χ0n) is 17.5. The van der Waals surface area contributed by atoms with Crippen LogP contribution in [0.5, 0.6) is 0 Å². The Bertz CT molecular complexity index is 773. The van der Waals surface area contributed by atoms with Gasteiger partial charge in [-0.15, -0.1) is 0 Å². The molecule has 2 heterocycles. The maximum Gasteiger partial charge on any atom is 0.191 e. The fourth-order valence-corrected chi connectivity index (χ4v) is 3.81. The Balaban J connectivity index is 1.48. The molecule has 2 N–H and O–H groups in total. The first-order valence-corrected chi connectivity index (χ1v) is 10.4. The van der Waals surface area contributed by atoms with Crippen LogP contribution in [-0.2, 0) is 13.0 Å². The maximum atomic E-state index is 4.56. The van der Waals surface area contributed by atoms with Crippen LogP contribution in [0, 0.1) is 13.8 Å². The van der Waals surface area contributed by atoms with E-state index in [0.29, 0.717) is 0 Å². The number of aromatic nitrogens is 1. The van der Waals surface area contributed by atoms with Crippen molar-refractivity contribution >= 4 is 11.8 Å². The van der Waals surface area contributed by atoms with Crippen LogP contribution in [0.4, 0.5) is 5.82 Å². The van der Waals surface area contributed by atoms with E-state index in [1.165, 1.54) is 41.5 Å². The van der Waals surface area contributed by atoms with Gasteiger partial charge in [-0.05, 0) is 62.8 Å². The fourth-order valence-electron chi connectivity index (χ4n) is 3.81. The average molecular weight is 380 g/mol. The molecule has 1 aliphatic heterocycles. The van der Waals surface area contributed by atoms with Crippen LogP contribution < -0.4 is 15.5 Å². The average Bonchev–Trinajstić information content (AvgIpc) is 2.71. The summed E-state index contributed by atoms with van der Waals surface area (Å²) in [5.41, 5.74) is 5.23. The number of pyridine rings is 1. The molecule has 1 saturated heterocycles. The predicted octanol–water partition coefficient (Wildman–Crippen LogP) is 3.60. The maximum absolute atomic E-state index is 4.56. The van der Waals surface area contributed by atoms with Crippen molar-refractivity contribution in [2.45, 2.75) is 46.1 Å². The number of nitrogens with one attached hydrogen (secondary N) is 2. The van der Waals surface area contributed by atoms with Crippen LogP contribution in [0.2, 0.25) is 0 Å². The first kappa shape index (κ1) is 20.2. The molecule has 150 valence electrons. The molecule has 1 aliphatic rings. The Morgan fingerprint density at radius 1 is 1.00 bits per heavy atom. The molecule has 0 radical (unpaired) electrons. The first-order chi connectivity index (χ1) is 13.6. The normalized spacial score (nSPS) is 14.8. The molecule has 0 saturated carbocycles. The van der Waals surface area contributed by atoms with E-state index in [1.807, 2.05) is 13.2 Å². The van der Waals surface area contributed by atoms with Gasteiger partial charge in [0.2, 0.25) is 0 Å². The zero-order chi connectivity index (χ0) is 19.8. The summed E-state index contributed by atoms with van der Waals surface area (Å²) in [6.07, 6.45) is 6.76. The summed E-state index contributed by atoms with van der Waals surface area (Å²) in [6, 6.07) is 11.0. The van der Waals surface area contributed by atoms with Gasteiger partial charge >= 0.3 is 0 Å². The summed E-state index contributed by atoms with van der Waals surface area (Å²) < 4.78 is 0. The van der Waals surface area contributed by atoms with Gasteiger partial charge < -0.3 is 15.5 Å². The second kappa shape index (κ2) is 10.1. The highest BCUT2D eigenvalue weighted by Gasteiger charge is 2.12. The molecule has 2 aromatic rings. The van der Waals surface area contributed by atoms with Crippen LogP contribution in [0.3, 0.4) is 0 Å². The molecule has 1 aromatic heterocycles. The SMILES string of the molecule is CN=C(NCCc1cc(C)cc(C)c1)NCc1ccnc(N2CCCCC2)c1. The second-order valence-electron chi connectivity index (χ2n) is 7.67. The number of aryl methyl sites for hydroxylation is 2. The number of benzene rings is 1. The highest BCUT2D eigenvalue weighted by Crippen LogP contribution is 2.18. The van der Waals surface area contributed by atoms with Crippen molar-refractivity contribution in [2.24, 2.45) is 4.99 Å². The number of anilines is 1. The lowest BCUT2D eigenvalue weighted by Gasteiger charge is -2.28. The predicted molar refractivity (Wildman–Crippen MR) is 118 cm³/mol. The largest absolute Gasteiger partial charge is 0.357 e. The Kier molecular flexibility index (Phi) is 7.29. The van der Waals surface area contributed by atoms with Gasteiger partial charge in [0, 0.05) is 39.4 Å². The summed E-state index contributed by atoms with van der Waals surface area (Å²) >= 11 is 0. The molecule has 0 bridgehead atoms. The van der Waals surface area contributed by atoms with Crippen molar-refractivity contribution < 1.29 is 0 Å². The van der Waals surface area contributed by atoms with Crippen LogP contribution in [-0.4, -0.2) is 37.6 Å². The number of hydrogen-bond acceptors (Lipinski definition) is 3. The minimum Gasteiger partial charge on any atom is -0.357 e. The lowest BCUT2D eigenvalue weighted by atomic mass is 10.1. The summed E-state index contributed by atoms with van der Waals surface area (Å²) in [5.74, 6) is 1.93. The van der Waals surface area contributed by atoms with Crippen molar-refractivity contribution in [2.75, 3.05) is 31.6 Å². The van der Waals surface area contributed by atoms with Crippen molar-refractivity contribution in [3.8, 4) is 0 Å². The molecular weight excluding hydrogens is 346 g/mol. The number of aliphatic imine (C=N–C) groups is 1. The van der Waals surface area contributed by atoms with Crippen LogP contribution in [0.25, 0.3) is 0 Å². The van der Waals surface area contributed by atoms with Gasteiger partial charge in [-0.2, -0.15) is 0 Å². The first-order valence-electron chi connectivity index (χ1n) is 10.4. The molecule has 28 heavy (non-hydrogen) atoms. The molecule has 0 spiro atoms. The van der Waals surface area contributed by atoms with Gasteiger partial charge in [0.05, 0.1) is 0 Å². The van der Waals surface area contributed by atoms with Gasteiger partial charge in [-0.1, -0.05) is 29.3 Å². The summed E-state index contributed by atoms with van der Waals surface area (Å²) in [6.45, 7) is 8.14. The Morgan fingerprint density at radius 3 is 2.46 bits per heavy atom. The Hall–Kier alpha value is -2.56. The second-order valence-corrected chi connectivity index (χ2v) is 7.67. The van der Waals surface area contributed by atoms with Gasteiger partial charge in [-0.25, -0.2) is 4.98 Å². The smallest absolute Gasteiger partial charge is 0.191 e. The Morgan fingerprint density at radius 2 is 1.75 bits per heavy atom. The monoisotopic (exact) mass is 379 g/mol. The number of piperidine rings is 1. The van der Waals surface area contributed by atoms with E-state index in [0.717, 1.165) is 44.4 Å². The van der Waals surface area contributed by atoms with E-state index < -0.39 is 0 Å². The molecule has 0 atom stereocenters. The van der Waals surface area contributed by atoms with Crippen molar-refractivity contribution in [1.82, 2.24) is 15.6 Å². The lowest BCUT2D eigenvalue weighted by molar-refractivity contribution is 0.573. The van der Waals surface area contributed by atoms with E-state index in [1.54, 1.807) is 0 Å². The van der Waals surface area contributed by atoms with Crippen molar-refractivity contribution in [3.05, 3.63) is 58.8 Å². The quantitative estimate of drug-likeness (QED) is 0.595. The van der Waals surface area contributed by atoms with Gasteiger partial charge in [-0.3, -0.25) is 4.99 Å². The molecule has 5 nitrogen and oxygen atoms in total. The van der Waals surface area contributed by atoms with E-state index in [9.17, 15) is 0 Å². The van der Waals surface area contributed by atoms with Crippen LogP contribution in [0.15, 0.2) is 41.5 Å². The van der Waals surface area contributed by atoms with Crippen LogP contribution >= 0.6 is 0 Å². The van der Waals surface area contributed by atoms with E-state index in [2.05, 4.69) is 69.7 Å². The molecule has 0 aliphatic carbocycles. The highest BCUT2D eigenvalue weighted by molar-refractivity contribution is 5.79. The topological polar surface area (TPSA) is 52.6 Å². The molecule has 3 rings (SSSR count). The third kappa shape index (κ3) is 5.98.